The molecule has 2 aromatic heterocycles. The van der Waals surface area contributed by atoms with Crippen molar-refractivity contribution in [1.29, 1.82) is 0 Å². The standard InChI is InChI=1S/C52H42BN3S/c1-51(2)27-28-52(3,4)40-32-47-38(31-39(40)51)49-50(57-47)53-41-23-13-16-26-44(41)54(33-17-7-5-8-18-33)45-29-35(30-46(48(45)53)56(49)34-19-9-6-10-20-34)55-42-24-14-11-21-36(42)37-22-12-15-25-43(37)55/h5-26,29-32H,27-28H2,1-4H3. The van der Waals surface area contributed by atoms with Crippen LogP contribution in [0, 0.1) is 0 Å². The Morgan fingerprint density at radius 2 is 1.02 bits per heavy atom. The van der Waals surface area contributed by atoms with Crippen molar-refractivity contribution in [3.8, 4) is 5.69 Å². The molecule has 5 heteroatoms. The van der Waals surface area contributed by atoms with Crippen molar-refractivity contribution in [2.45, 2.75) is 51.4 Å². The maximum absolute atomic E-state index is 2.62. The summed E-state index contributed by atoms with van der Waals surface area (Å²) in [6.45, 7) is 9.88. The minimum Gasteiger partial charge on any atom is -0.311 e. The van der Waals surface area contributed by atoms with E-state index in [-0.39, 0.29) is 17.5 Å². The van der Waals surface area contributed by atoms with Gasteiger partial charge in [0.1, 0.15) is 0 Å². The van der Waals surface area contributed by atoms with Gasteiger partial charge in [0.2, 0.25) is 0 Å². The van der Waals surface area contributed by atoms with Crippen LogP contribution < -0.4 is 25.5 Å². The number of aromatic nitrogens is 1. The summed E-state index contributed by atoms with van der Waals surface area (Å²) in [5.74, 6) is 0. The van der Waals surface area contributed by atoms with Gasteiger partial charge in [0.15, 0.2) is 0 Å². The van der Waals surface area contributed by atoms with Gasteiger partial charge in [-0.1, -0.05) is 119 Å². The zero-order valence-corrected chi connectivity index (χ0v) is 33.6. The van der Waals surface area contributed by atoms with Crippen LogP contribution in [0.3, 0.4) is 0 Å². The summed E-state index contributed by atoms with van der Waals surface area (Å²) in [4.78, 5) is 5.14. The highest BCUT2D eigenvalue weighted by Gasteiger charge is 2.46. The molecule has 0 bridgehead atoms. The predicted molar refractivity (Wildman–Crippen MR) is 245 cm³/mol. The van der Waals surface area contributed by atoms with E-state index in [1.165, 1.54) is 100.0 Å². The molecule has 1 aliphatic carbocycles. The maximum Gasteiger partial charge on any atom is 0.264 e. The molecule has 2 aliphatic heterocycles. The minimum atomic E-state index is 0.0729. The van der Waals surface area contributed by atoms with Crippen LogP contribution in [0.5, 0.6) is 0 Å². The van der Waals surface area contributed by atoms with E-state index in [2.05, 4.69) is 200 Å². The van der Waals surface area contributed by atoms with E-state index in [9.17, 15) is 0 Å². The van der Waals surface area contributed by atoms with E-state index in [0.717, 1.165) is 11.4 Å². The summed E-state index contributed by atoms with van der Waals surface area (Å²) in [6, 6.07) is 59.1. The molecule has 0 saturated carbocycles. The second kappa shape index (κ2) is 11.8. The van der Waals surface area contributed by atoms with Crippen LogP contribution in [-0.4, -0.2) is 11.3 Å². The number of fused-ring (bicyclic) bond motifs is 10. The first-order valence-electron chi connectivity index (χ1n) is 20.4. The molecule has 0 spiro atoms. The molecule has 7 aromatic carbocycles. The molecule has 9 aromatic rings. The van der Waals surface area contributed by atoms with Crippen molar-refractivity contribution in [2.75, 3.05) is 9.80 Å². The lowest BCUT2D eigenvalue weighted by Gasteiger charge is -2.43. The van der Waals surface area contributed by atoms with Crippen molar-refractivity contribution in [3.05, 3.63) is 169 Å². The monoisotopic (exact) mass is 751 g/mol. The van der Waals surface area contributed by atoms with Crippen molar-refractivity contribution < 1.29 is 0 Å². The van der Waals surface area contributed by atoms with Gasteiger partial charge in [-0.2, -0.15) is 0 Å². The molecule has 4 heterocycles. The van der Waals surface area contributed by atoms with E-state index in [1.807, 2.05) is 11.3 Å². The van der Waals surface area contributed by atoms with Gasteiger partial charge in [-0.3, -0.25) is 0 Å². The van der Waals surface area contributed by atoms with Gasteiger partial charge in [-0.05, 0) is 112 Å². The Hall–Kier alpha value is -6.04. The Bertz CT molecular complexity index is 3050. The lowest BCUT2D eigenvalue weighted by atomic mass is 9.36. The van der Waals surface area contributed by atoms with Crippen molar-refractivity contribution >= 4 is 99.8 Å². The molecule has 57 heavy (non-hydrogen) atoms. The average Bonchev–Trinajstić information content (AvgIpc) is 3.78. The second-order valence-corrected chi connectivity index (χ2v) is 18.7. The van der Waals surface area contributed by atoms with Gasteiger partial charge in [-0.25, -0.2) is 0 Å². The van der Waals surface area contributed by atoms with E-state index in [4.69, 9.17) is 0 Å². The molecule has 0 radical (unpaired) electrons. The molecule has 3 nitrogen and oxygen atoms in total. The molecule has 274 valence electrons. The van der Waals surface area contributed by atoms with Gasteiger partial charge in [0.25, 0.3) is 6.71 Å². The largest absolute Gasteiger partial charge is 0.311 e. The topological polar surface area (TPSA) is 11.4 Å². The van der Waals surface area contributed by atoms with E-state index >= 15 is 0 Å². The van der Waals surface area contributed by atoms with Crippen LogP contribution in [0.1, 0.15) is 51.7 Å². The first-order chi connectivity index (χ1) is 27.8. The minimum absolute atomic E-state index is 0.0729. The Labute approximate surface area is 338 Å². The van der Waals surface area contributed by atoms with Gasteiger partial charge in [0.05, 0.1) is 22.4 Å². The normalized spacial score (nSPS) is 16.1. The zero-order chi connectivity index (χ0) is 38.2. The molecule has 0 saturated heterocycles. The van der Waals surface area contributed by atoms with E-state index < -0.39 is 0 Å². The average molecular weight is 752 g/mol. The molecule has 12 rings (SSSR count). The van der Waals surface area contributed by atoms with Gasteiger partial charge >= 0.3 is 0 Å². The maximum atomic E-state index is 2.62. The van der Waals surface area contributed by atoms with Gasteiger partial charge < -0.3 is 14.4 Å². The lowest BCUT2D eigenvalue weighted by molar-refractivity contribution is 0.332. The van der Waals surface area contributed by atoms with Crippen LogP contribution >= 0.6 is 11.3 Å². The fourth-order valence-corrected chi connectivity index (χ4v) is 11.8. The Morgan fingerprint density at radius 1 is 0.491 bits per heavy atom. The van der Waals surface area contributed by atoms with Crippen molar-refractivity contribution in [1.82, 2.24) is 4.57 Å². The first-order valence-corrected chi connectivity index (χ1v) is 21.2. The van der Waals surface area contributed by atoms with Crippen LogP contribution in [0.4, 0.5) is 34.1 Å². The zero-order valence-electron chi connectivity index (χ0n) is 32.8. The van der Waals surface area contributed by atoms with E-state index in [0.29, 0.717) is 0 Å². The van der Waals surface area contributed by atoms with Crippen LogP contribution in [-0.2, 0) is 10.8 Å². The number of thiophene rings is 1. The van der Waals surface area contributed by atoms with Crippen LogP contribution in [0.25, 0.3) is 37.6 Å². The fraction of sp³-hybridized carbons (Fsp3) is 0.154. The smallest absolute Gasteiger partial charge is 0.264 e. The van der Waals surface area contributed by atoms with Crippen LogP contribution in [0.2, 0.25) is 0 Å². The van der Waals surface area contributed by atoms with Gasteiger partial charge in [0, 0.05) is 54.1 Å². The fourth-order valence-electron chi connectivity index (χ4n) is 10.5. The number of para-hydroxylation sites is 5. The molecule has 0 N–H and O–H groups in total. The van der Waals surface area contributed by atoms with Crippen molar-refractivity contribution in [3.63, 3.8) is 0 Å². The summed E-state index contributed by atoms with van der Waals surface area (Å²) in [6.07, 6.45) is 2.39. The highest BCUT2D eigenvalue weighted by molar-refractivity contribution is 7.33. The summed E-state index contributed by atoms with van der Waals surface area (Å²) in [7, 11) is 0. The summed E-state index contributed by atoms with van der Waals surface area (Å²) >= 11 is 2.01. The van der Waals surface area contributed by atoms with Gasteiger partial charge in [-0.15, -0.1) is 11.3 Å². The number of anilines is 6. The quantitative estimate of drug-likeness (QED) is 0.167. The lowest BCUT2D eigenvalue weighted by Crippen LogP contribution is -2.60. The Balaban J connectivity index is 1.25. The SMILES string of the molecule is CC1(C)CCC(C)(C)c2cc3c4c(sc3cc21)B1c2ccccc2N(c2ccccc2)c2cc(-n3c5ccccc5c5ccccc53)cc(c21)N4c1ccccc1. The molecule has 3 aliphatic rings. The molecule has 0 amide bonds. The van der Waals surface area contributed by atoms with Crippen LogP contribution in [0.15, 0.2) is 158 Å². The third-order valence-corrected chi connectivity index (χ3v) is 14.6. The molecule has 0 fully saturated rings. The number of benzene rings is 7. The molecular weight excluding hydrogens is 709 g/mol. The number of rotatable bonds is 3. The summed E-state index contributed by atoms with van der Waals surface area (Å²) in [5.41, 5.74) is 16.9. The third-order valence-electron chi connectivity index (χ3n) is 13.4. The number of nitrogens with zero attached hydrogens (tertiary/aromatic N) is 3. The molecule has 0 unspecified atom stereocenters. The molecule has 0 atom stereocenters. The summed E-state index contributed by atoms with van der Waals surface area (Å²) < 4.78 is 5.29. The highest BCUT2D eigenvalue weighted by Crippen LogP contribution is 2.53. The summed E-state index contributed by atoms with van der Waals surface area (Å²) in [5, 5.41) is 3.90. The first kappa shape index (κ1) is 33.1. The number of hydrogen-bond donors (Lipinski definition) is 0. The second-order valence-electron chi connectivity index (χ2n) is 17.6. The van der Waals surface area contributed by atoms with E-state index in [1.54, 1.807) is 0 Å². The Morgan fingerprint density at radius 3 is 1.67 bits per heavy atom. The highest BCUT2D eigenvalue weighted by atomic mass is 32.1. The number of hydrogen-bond acceptors (Lipinski definition) is 3. The Kier molecular flexibility index (Phi) is 6.83. The molecular formula is C52H42BN3S. The predicted octanol–water partition coefficient (Wildman–Crippen LogP) is 12.4. The van der Waals surface area contributed by atoms with Crippen molar-refractivity contribution in [2.24, 2.45) is 0 Å². The third kappa shape index (κ3) is 4.61.